The van der Waals surface area contributed by atoms with Gasteiger partial charge >= 0.3 is 5.97 Å². The van der Waals surface area contributed by atoms with Crippen molar-refractivity contribution >= 4 is 5.97 Å². The van der Waals surface area contributed by atoms with E-state index in [-0.39, 0.29) is 6.42 Å². The van der Waals surface area contributed by atoms with Crippen LogP contribution in [0.5, 0.6) is 5.75 Å². The molecule has 1 aliphatic rings. The van der Waals surface area contributed by atoms with Gasteiger partial charge in [-0.25, -0.2) is 0 Å². The van der Waals surface area contributed by atoms with Crippen LogP contribution in [-0.2, 0) is 17.6 Å². The van der Waals surface area contributed by atoms with Gasteiger partial charge in [0.25, 0.3) is 0 Å². The largest absolute Gasteiger partial charge is 0.493 e. The Morgan fingerprint density at radius 1 is 1.54 bits per heavy atom. The summed E-state index contributed by atoms with van der Waals surface area (Å²) in [7, 11) is 0. The summed E-state index contributed by atoms with van der Waals surface area (Å²) in [5.41, 5.74) is 1.97. The van der Waals surface area contributed by atoms with Crippen molar-refractivity contribution in [2.45, 2.75) is 12.8 Å². The van der Waals surface area contributed by atoms with E-state index in [1.165, 1.54) is 5.56 Å². The van der Waals surface area contributed by atoms with Crippen molar-refractivity contribution in [2.75, 3.05) is 6.61 Å². The average molecular weight is 178 g/mol. The lowest BCUT2D eigenvalue weighted by Crippen LogP contribution is -1.99. The Kier molecular flexibility index (Phi) is 1.93. The lowest BCUT2D eigenvalue weighted by atomic mass is 10.1. The molecule has 68 valence electrons. The van der Waals surface area contributed by atoms with Crippen molar-refractivity contribution in [3.05, 3.63) is 29.3 Å². The standard InChI is InChI=1S/C10H10O3/c11-10(12)6-7-1-2-8-3-4-13-9(8)5-7/h1-2,5H,3-4,6H2,(H,11,12). The molecule has 1 N–H and O–H groups in total. The molecule has 0 radical (unpaired) electrons. The lowest BCUT2D eigenvalue weighted by molar-refractivity contribution is -0.136. The summed E-state index contributed by atoms with van der Waals surface area (Å²) in [6, 6.07) is 5.61. The first-order valence-corrected chi connectivity index (χ1v) is 4.22. The monoisotopic (exact) mass is 178 g/mol. The van der Waals surface area contributed by atoms with Gasteiger partial charge in [-0.05, 0) is 17.2 Å². The van der Waals surface area contributed by atoms with Crippen molar-refractivity contribution in [1.29, 1.82) is 0 Å². The van der Waals surface area contributed by atoms with Gasteiger partial charge in [-0.2, -0.15) is 0 Å². The molecule has 0 unspecified atom stereocenters. The summed E-state index contributed by atoms with van der Waals surface area (Å²) in [6.45, 7) is 0.714. The summed E-state index contributed by atoms with van der Waals surface area (Å²) >= 11 is 0. The first kappa shape index (κ1) is 8.10. The Hall–Kier alpha value is -1.51. The van der Waals surface area contributed by atoms with Gasteiger partial charge in [-0.15, -0.1) is 0 Å². The minimum absolute atomic E-state index is 0.0661. The fourth-order valence-corrected chi connectivity index (χ4v) is 1.50. The Morgan fingerprint density at radius 3 is 3.15 bits per heavy atom. The number of ether oxygens (including phenoxy) is 1. The second-order valence-corrected chi connectivity index (χ2v) is 3.11. The highest BCUT2D eigenvalue weighted by Gasteiger charge is 2.12. The first-order chi connectivity index (χ1) is 6.25. The molecule has 0 saturated heterocycles. The number of fused-ring (bicyclic) bond motifs is 1. The van der Waals surface area contributed by atoms with Crippen LogP contribution in [-0.4, -0.2) is 17.7 Å². The summed E-state index contributed by atoms with van der Waals surface area (Å²) in [5, 5.41) is 8.57. The number of aliphatic carboxylic acids is 1. The van der Waals surface area contributed by atoms with Gasteiger partial charge in [0.05, 0.1) is 13.0 Å². The van der Waals surface area contributed by atoms with Gasteiger partial charge < -0.3 is 9.84 Å². The van der Waals surface area contributed by atoms with Gasteiger partial charge in [-0.1, -0.05) is 12.1 Å². The second-order valence-electron chi connectivity index (χ2n) is 3.11. The average Bonchev–Trinajstić information content (AvgIpc) is 2.49. The van der Waals surface area contributed by atoms with Crippen molar-refractivity contribution in [3.63, 3.8) is 0 Å². The molecule has 0 amide bonds. The van der Waals surface area contributed by atoms with E-state index in [1.807, 2.05) is 18.2 Å². The molecular weight excluding hydrogens is 168 g/mol. The third kappa shape index (κ3) is 1.64. The number of hydrogen-bond acceptors (Lipinski definition) is 2. The minimum Gasteiger partial charge on any atom is -0.493 e. The molecule has 1 aliphatic heterocycles. The quantitative estimate of drug-likeness (QED) is 0.741. The molecule has 0 atom stereocenters. The number of benzene rings is 1. The molecule has 13 heavy (non-hydrogen) atoms. The molecule has 0 aromatic heterocycles. The maximum atomic E-state index is 10.4. The normalized spacial score (nSPS) is 13.5. The smallest absolute Gasteiger partial charge is 0.307 e. The molecular formula is C10H10O3. The summed E-state index contributed by atoms with van der Waals surface area (Å²) in [6.07, 6.45) is 0.999. The lowest BCUT2D eigenvalue weighted by Gasteiger charge is -2.01. The van der Waals surface area contributed by atoms with Crippen LogP contribution in [0.4, 0.5) is 0 Å². The van der Waals surface area contributed by atoms with Gasteiger partial charge in [0, 0.05) is 6.42 Å². The van der Waals surface area contributed by atoms with Gasteiger partial charge in [-0.3, -0.25) is 4.79 Å². The van der Waals surface area contributed by atoms with Crippen LogP contribution in [0.2, 0.25) is 0 Å². The summed E-state index contributed by atoms with van der Waals surface area (Å²) in [5.74, 6) is 0.0386. The van der Waals surface area contributed by atoms with Crippen LogP contribution >= 0.6 is 0 Å². The van der Waals surface area contributed by atoms with Gasteiger partial charge in [0.2, 0.25) is 0 Å². The van der Waals surface area contributed by atoms with E-state index in [0.29, 0.717) is 6.61 Å². The Morgan fingerprint density at radius 2 is 2.38 bits per heavy atom. The minimum atomic E-state index is -0.807. The van der Waals surface area contributed by atoms with Crippen LogP contribution in [0.15, 0.2) is 18.2 Å². The van der Waals surface area contributed by atoms with Crippen LogP contribution in [0, 0.1) is 0 Å². The molecule has 1 heterocycles. The highest BCUT2D eigenvalue weighted by molar-refractivity contribution is 5.70. The zero-order chi connectivity index (χ0) is 9.26. The first-order valence-electron chi connectivity index (χ1n) is 4.22. The van der Waals surface area contributed by atoms with Gasteiger partial charge in [0.15, 0.2) is 0 Å². The predicted octanol–water partition coefficient (Wildman–Crippen LogP) is 1.25. The SMILES string of the molecule is O=C(O)Cc1ccc2c(c1)OCC2. The third-order valence-electron chi connectivity index (χ3n) is 2.12. The predicted molar refractivity (Wildman–Crippen MR) is 47.0 cm³/mol. The van der Waals surface area contributed by atoms with Crippen LogP contribution in [0.3, 0.4) is 0 Å². The topological polar surface area (TPSA) is 46.5 Å². The molecule has 2 rings (SSSR count). The summed E-state index contributed by atoms with van der Waals surface area (Å²) < 4.78 is 5.33. The molecule has 3 heteroatoms. The summed E-state index contributed by atoms with van der Waals surface area (Å²) in [4.78, 5) is 10.4. The third-order valence-corrected chi connectivity index (χ3v) is 2.12. The molecule has 0 fully saturated rings. The Labute approximate surface area is 76.0 Å². The van der Waals surface area contributed by atoms with E-state index in [2.05, 4.69) is 0 Å². The van der Waals surface area contributed by atoms with Crippen molar-refractivity contribution in [1.82, 2.24) is 0 Å². The highest BCUT2D eigenvalue weighted by Crippen LogP contribution is 2.26. The van der Waals surface area contributed by atoms with Crippen LogP contribution in [0.1, 0.15) is 11.1 Å². The van der Waals surface area contributed by atoms with E-state index in [9.17, 15) is 4.79 Å². The van der Waals surface area contributed by atoms with E-state index >= 15 is 0 Å². The number of carbonyl (C=O) groups is 1. The maximum absolute atomic E-state index is 10.4. The molecule has 1 aromatic rings. The van der Waals surface area contributed by atoms with E-state index in [0.717, 1.165) is 17.7 Å². The van der Waals surface area contributed by atoms with Crippen molar-refractivity contribution in [3.8, 4) is 5.75 Å². The maximum Gasteiger partial charge on any atom is 0.307 e. The van der Waals surface area contributed by atoms with E-state index in [1.54, 1.807) is 0 Å². The number of rotatable bonds is 2. The van der Waals surface area contributed by atoms with Crippen molar-refractivity contribution in [2.24, 2.45) is 0 Å². The molecule has 0 saturated carbocycles. The molecule has 3 nitrogen and oxygen atoms in total. The molecule has 0 aliphatic carbocycles. The number of hydrogen-bond donors (Lipinski definition) is 1. The Balaban J connectivity index is 2.25. The fourth-order valence-electron chi connectivity index (χ4n) is 1.50. The molecule has 1 aromatic carbocycles. The van der Waals surface area contributed by atoms with Crippen molar-refractivity contribution < 1.29 is 14.6 Å². The number of carboxylic acid groups (broad SMARTS) is 1. The van der Waals surface area contributed by atoms with Crippen LogP contribution < -0.4 is 4.74 Å². The second kappa shape index (κ2) is 3.09. The zero-order valence-electron chi connectivity index (χ0n) is 7.12. The fraction of sp³-hybridized carbons (Fsp3) is 0.300. The molecule has 0 spiro atoms. The number of carboxylic acids is 1. The molecule has 0 bridgehead atoms. The highest BCUT2D eigenvalue weighted by atomic mass is 16.5. The van der Waals surface area contributed by atoms with E-state index < -0.39 is 5.97 Å². The Bertz CT molecular complexity index is 344. The van der Waals surface area contributed by atoms with Crippen LogP contribution in [0.25, 0.3) is 0 Å². The van der Waals surface area contributed by atoms with E-state index in [4.69, 9.17) is 9.84 Å². The zero-order valence-corrected chi connectivity index (χ0v) is 7.12. The van der Waals surface area contributed by atoms with Gasteiger partial charge in [0.1, 0.15) is 5.75 Å².